The van der Waals surface area contributed by atoms with Crippen molar-refractivity contribution in [3.8, 4) is 0 Å². The number of aliphatic carboxylic acids is 1. The van der Waals surface area contributed by atoms with Crippen molar-refractivity contribution in [3.05, 3.63) is 0 Å². The van der Waals surface area contributed by atoms with Crippen LogP contribution in [0.4, 0.5) is 0 Å². The van der Waals surface area contributed by atoms with E-state index >= 15 is 0 Å². The number of nitrogens with two attached hydrogens (primary N) is 1. The third-order valence-electron chi connectivity index (χ3n) is 0.430. The first kappa shape index (κ1) is 11.4. The van der Waals surface area contributed by atoms with Gasteiger partial charge in [0, 0.05) is 0 Å². The first-order valence-electron chi connectivity index (χ1n) is 1.92. The first-order valence-corrected chi connectivity index (χ1v) is 1.92. The van der Waals surface area contributed by atoms with Crippen molar-refractivity contribution < 1.29 is 9.90 Å². The molecule has 0 unspecified atom stereocenters. The molecule has 0 saturated heterocycles. The molecule has 5 N–H and O–H groups in total. The molecule has 6 heteroatoms. The normalized spacial score (nSPS) is 7.11. The van der Waals surface area contributed by atoms with Crippen molar-refractivity contribution in [3.63, 3.8) is 0 Å². The van der Waals surface area contributed by atoms with Crippen LogP contribution in [0.3, 0.4) is 0 Å². The predicted octanol–water partition coefficient (Wildman–Crippen LogP) is -2.63. The quantitative estimate of drug-likeness (QED) is 0.311. The van der Waals surface area contributed by atoms with Crippen LogP contribution in [0, 0.1) is 5.41 Å². The van der Waals surface area contributed by atoms with E-state index in [0.29, 0.717) is 0 Å². The van der Waals surface area contributed by atoms with E-state index in [4.69, 9.17) is 16.2 Å². The Hall–Kier alpha value is -0.390. The number of guanidine groups is 1. The zero-order valence-corrected chi connectivity index (χ0v) is 4.14. The Morgan fingerprint density at radius 2 is 2.22 bits per heavy atom. The molecule has 0 saturated carbocycles. The van der Waals surface area contributed by atoms with Crippen LogP contribution in [0.2, 0.25) is 0 Å². The average Bonchev–Trinajstić information content (AvgIpc) is 1.61. The van der Waals surface area contributed by atoms with Gasteiger partial charge in [-0.1, -0.05) is 0 Å². The first-order chi connectivity index (χ1) is 3.63. The van der Waals surface area contributed by atoms with Crippen molar-refractivity contribution >= 4 is 37.8 Å². The Kier molecular flexibility index (Phi) is 7.28. The van der Waals surface area contributed by atoms with E-state index in [1.807, 2.05) is 0 Å². The minimum absolute atomic E-state index is 0. The zero-order valence-electron chi connectivity index (χ0n) is 4.14. The van der Waals surface area contributed by atoms with E-state index in [2.05, 4.69) is 5.32 Å². The van der Waals surface area contributed by atoms with E-state index in [1.54, 1.807) is 0 Å². The molecule has 0 spiro atoms. The number of rotatable bonds is 2. The van der Waals surface area contributed by atoms with Gasteiger partial charge < -0.3 is 16.2 Å². The Morgan fingerprint density at radius 1 is 1.78 bits per heavy atom. The van der Waals surface area contributed by atoms with E-state index in [-0.39, 0.29) is 38.3 Å². The van der Waals surface area contributed by atoms with E-state index in [1.165, 1.54) is 0 Å². The van der Waals surface area contributed by atoms with Gasteiger partial charge in [-0.3, -0.25) is 10.2 Å². The van der Waals surface area contributed by atoms with Crippen molar-refractivity contribution in [2.75, 3.05) is 6.54 Å². The summed E-state index contributed by atoms with van der Waals surface area (Å²) >= 11 is 0. The summed E-state index contributed by atoms with van der Waals surface area (Å²) in [4.78, 5) is 9.69. The molecule has 0 radical (unpaired) electrons. The number of carboxylic acid groups (broad SMARTS) is 1. The molecule has 0 atom stereocenters. The molecule has 0 aliphatic rings. The molecule has 0 aliphatic heterocycles. The van der Waals surface area contributed by atoms with Crippen LogP contribution in [-0.2, 0) is 4.79 Å². The van der Waals surface area contributed by atoms with Gasteiger partial charge >= 0.3 is 31.8 Å². The third-order valence-corrected chi connectivity index (χ3v) is 0.430. The van der Waals surface area contributed by atoms with E-state index in [9.17, 15) is 4.79 Å². The van der Waals surface area contributed by atoms with Crippen LogP contribution < -0.4 is 11.1 Å². The summed E-state index contributed by atoms with van der Waals surface area (Å²) in [5.74, 6) is -1.35. The summed E-state index contributed by atoms with van der Waals surface area (Å²) < 4.78 is 0. The standard InChI is InChI=1S/C3H7N3O2.In.3H/c4-3(5)6-1-2(7)8;;;;/h1H2,(H,7,8)(H4,4,5,6);;;;. The number of carbonyl (C=O) groups is 1. The van der Waals surface area contributed by atoms with Crippen LogP contribution in [0.5, 0.6) is 0 Å². The molecule has 0 heterocycles. The van der Waals surface area contributed by atoms with Gasteiger partial charge in [0.1, 0.15) is 6.54 Å². The van der Waals surface area contributed by atoms with Gasteiger partial charge in [0.2, 0.25) is 0 Å². The Bertz CT molecular complexity index is 102. The molecule has 0 aromatic rings. The fourth-order valence-corrected chi connectivity index (χ4v) is 0.171. The molecule has 0 aliphatic carbocycles. The summed E-state index contributed by atoms with van der Waals surface area (Å²) in [6.07, 6.45) is 0. The molecule has 0 bridgehead atoms. The van der Waals surface area contributed by atoms with Crippen LogP contribution in [0.1, 0.15) is 0 Å². The molecule has 0 aromatic carbocycles. The molecule has 9 heavy (non-hydrogen) atoms. The number of hydrogen-bond acceptors (Lipinski definition) is 2. The van der Waals surface area contributed by atoms with E-state index < -0.39 is 5.97 Å². The number of carboxylic acids is 1. The number of hydrogen-bond donors (Lipinski definition) is 4. The van der Waals surface area contributed by atoms with Crippen LogP contribution >= 0.6 is 0 Å². The molecular formula is C3H10InN3O2. The third kappa shape index (κ3) is 11.3. The van der Waals surface area contributed by atoms with Gasteiger partial charge in [0.05, 0.1) is 0 Å². The summed E-state index contributed by atoms with van der Waals surface area (Å²) in [5, 5.41) is 16.5. The van der Waals surface area contributed by atoms with Crippen molar-refractivity contribution in [1.82, 2.24) is 5.32 Å². The summed E-state index contributed by atoms with van der Waals surface area (Å²) in [7, 11) is 0. The van der Waals surface area contributed by atoms with E-state index in [0.717, 1.165) is 0 Å². The van der Waals surface area contributed by atoms with Crippen LogP contribution in [-0.4, -0.2) is 49.4 Å². The summed E-state index contributed by atoms with van der Waals surface area (Å²) in [5.41, 5.74) is 4.75. The second-order valence-electron chi connectivity index (χ2n) is 1.16. The molecule has 0 fully saturated rings. The van der Waals surface area contributed by atoms with Crippen LogP contribution in [0.15, 0.2) is 0 Å². The maximum absolute atomic E-state index is 9.69. The topological polar surface area (TPSA) is 99.2 Å². The summed E-state index contributed by atoms with van der Waals surface area (Å²) in [6, 6.07) is 0. The zero-order chi connectivity index (χ0) is 6.57. The fraction of sp³-hybridized carbons (Fsp3) is 0.333. The Morgan fingerprint density at radius 3 is 2.33 bits per heavy atom. The maximum atomic E-state index is 9.69. The monoisotopic (exact) mass is 235 g/mol. The number of nitrogens with one attached hydrogen (secondary N) is 2. The van der Waals surface area contributed by atoms with Gasteiger partial charge in [-0.2, -0.15) is 0 Å². The van der Waals surface area contributed by atoms with Gasteiger partial charge in [-0.25, -0.2) is 0 Å². The molecule has 0 aromatic heterocycles. The second-order valence-corrected chi connectivity index (χ2v) is 1.16. The molecule has 52 valence electrons. The Balaban J connectivity index is 0. The van der Waals surface area contributed by atoms with Crippen LogP contribution in [0.25, 0.3) is 0 Å². The predicted molar refractivity (Wildman–Crippen MR) is 37.5 cm³/mol. The second kappa shape index (κ2) is 5.74. The summed E-state index contributed by atoms with van der Waals surface area (Å²) in [6.45, 7) is -0.296. The minimum atomic E-state index is -1.03. The van der Waals surface area contributed by atoms with Gasteiger partial charge in [-0.15, -0.1) is 0 Å². The van der Waals surface area contributed by atoms with Crippen molar-refractivity contribution in [2.45, 2.75) is 0 Å². The Labute approximate surface area is 70.9 Å². The SMILES string of the molecule is N=C(N)NCC(=O)O.[InH3]. The van der Waals surface area contributed by atoms with Gasteiger partial charge in [0.25, 0.3) is 0 Å². The van der Waals surface area contributed by atoms with Gasteiger partial charge in [0.15, 0.2) is 5.96 Å². The fourth-order valence-electron chi connectivity index (χ4n) is 0.171. The van der Waals surface area contributed by atoms with Crippen molar-refractivity contribution in [2.24, 2.45) is 5.73 Å². The molecule has 0 rings (SSSR count). The average molecular weight is 235 g/mol. The molecule has 0 amide bonds. The molecular weight excluding hydrogens is 225 g/mol. The van der Waals surface area contributed by atoms with Gasteiger partial charge in [-0.05, 0) is 0 Å². The molecule has 5 nitrogen and oxygen atoms in total. The van der Waals surface area contributed by atoms with Crippen molar-refractivity contribution in [1.29, 1.82) is 5.41 Å².